The topological polar surface area (TPSA) is 29.1 Å². The Balaban J connectivity index is 1.94. The molecule has 1 heterocycles. The van der Waals surface area contributed by atoms with Crippen molar-refractivity contribution < 1.29 is 4.79 Å². The van der Waals surface area contributed by atoms with Crippen LogP contribution in [0.15, 0.2) is 24.3 Å². The number of hydrogen-bond acceptors (Lipinski definition) is 2. The van der Waals surface area contributed by atoms with Crippen LogP contribution in [0.4, 0.5) is 0 Å². The van der Waals surface area contributed by atoms with E-state index in [2.05, 4.69) is 29.6 Å². The molecule has 1 aromatic carbocycles. The minimum atomic E-state index is -0.230. The Kier molecular flexibility index (Phi) is 2.32. The Bertz CT molecular complexity index is 426. The van der Waals surface area contributed by atoms with Gasteiger partial charge in [-0.1, -0.05) is 24.3 Å². The molecule has 84 valence electrons. The summed E-state index contributed by atoms with van der Waals surface area (Å²) in [6.07, 6.45) is 4.66. The highest BCUT2D eigenvalue weighted by Gasteiger charge is 2.41. The number of Topliss-reactive ketones (excluding diaryl/α,β-unsaturated/α-hetero) is 1. The van der Waals surface area contributed by atoms with Crippen LogP contribution >= 0.6 is 0 Å². The average Bonchev–Trinajstić information content (AvgIpc) is 2.33. The molecule has 1 N–H and O–H groups in total. The minimum absolute atomic E-state index is 0.230. The van der Waals surface area contributed by atoms with Crippen LogP contribution in [0.25, 0.3) is 0 Å². The molecule has 1 fully saturated rings. The van der Waals surface area contributed by atoms with Gasteiger partial charge in [0.05, 0.1) is 5.54 Å². The number of piperidine rings is 1. The fourth-order valence-corrected chi connectivity index (χ4v) is 3.04. The van der Waals surface area contributed by atoms with Gasteiger partial charge in [0, 0.05) is 6.42 Å². The van der Waals surface area contributed by atoms with Crippen molar-refractivity contribution in [3.63, 3.8) is 0 Å². The molecule has 3 rings (SSSR count). The quantitative estimate of drug-likeness (QED) is 0.715. The van der Waals surface area contributed by atoms with E-state index in [0.717, 1.165) is 38.6 Å². The Hall–Kier alpha value is -1.15. The minimum Gasteiger partial charge on any atom is -0.305 e. The second kappa shape index (κ2) is 3.70. The van der Waals surface area contributed by atoms with Gasteiger partial charge < -0.3 is 5.32 Å². The number of carbonyl (C=O) groups excluding carboxylic acids is 1. The first-order valence-electron chi connectivity index (χ1n) is 6.15. The fraction of sp³-hybridized carbons (Fsp3) is 0.500. The number of rotatable bonds is 0. The molecular formula is C14H17NO. The molecule has 2 heteroatoms. The lowest BCUT2D eigenvalue weighted by Gasteiger charge is -2.40. The summed E-state index contributed by atoms with van der Waals surface area (Å²) in [6.45, 7) is 0.994. The second-order valence-corrected chi connectivity index (χ2v) is 4.98. The lowest BCUT2D eigenvalue weighted by Crippen LogP contribution is -2.58. The molecular weight excluding hydrogens is 198 g/mol. The van der Waals surface area contributed by atoms with Crippen molar-refractivity contribution >= 4 is 5.78 Å². The van der Waals surface area contributed by atoms with Crippen LogP contribution in [0.1, 0.15) is 30.4 Å². The maximum atomic E-state index is 12.1. The Labute approximate surface area is 96.1 Å². The van der Waals surface area contributed by atoms with Crippen LogP contribution in [0.3, 0.4) is 0 Å². The molecule has 1 saturated heterocycles. The molecule has 2 aliphatic rings. The summed E-state index contributed by atoms with van der Waals surface area (Å²) in [4.78, 5) is 12.1. The maximum absolute atomic E-state index is 12.1. The first-order chi connectivity index (χ1) is 7.80. The number of nitrogens with one attached hydrogen (secondary N) is 1. The third-order valence-corrected chi connectivity index (χ3v) is 4.01. The molecule has 1 unspecified atom stereocenters. The van der Waals surface area contributed by atoms with E-state index in [1.54, 1.807) is 0 Å². The number of benzene rings is 1. The zero-order chi connectivity index (χ0) is 11.0. The molecule has 0 aromatic heterocycles. The Morgan fingerprint density at radius 2 is 1.94 bits per heavy atom. The fourth-order valence-electron chi connectivity index (χ4n) is 3.04. The van der Waals surface area contributed by atoms with Crippen LogP contribution in [-0.2, 0) is 17.6 Å². The van der Waals surface area contributed by atoms with E-state index < -0.39 is 0 Å². The molecule has 0 saturated carbocycles. The van der Waals surface area contributed by atoms with E-state index in [1.807, 2.05) is 0 Å². The van der Waals surface area contributed by atoms with Crippen molar-refractivity contribution in [3.05, 3.63) is 35.4 Å². The van der Waals surface area contributed by atoms with E-state index in [9.17, 15) is 4.79 Å². The van der Waals surface area contributed by atoms with Crippen LogP contribution in [0, 0.1) is 0 Å². The largest absolute Gasteiger partial charge is 0.305 e. The van der Waals surface area contributed by atoms with Crippen molar-refractivity contribution in [2.75, 3.05) is 6.54 Å². The molecule has 1 aromatic rings. The van der Waals surface area contributed by atoms with Crippen molar-refractivity contribution in [1.29, 1.82) is 0 Å². The van der Waals surface area contributed by atoms with Crippen molar-refractivity contribution in [1.82, 2.24) is 5.32 Å². The summed E-state index contributed by atoms with van der Waals surface area (Å²) >= 11 is 0. The Morgan fingerprint density at radius 1 is 1.12 bits per heavy atom. The summed E-state index contributed by atoms with van der Waals surface area (Å²) in [5, 5.41) is 3.48. The molecule has 1 aliphatic heterocycles. The van der Waals surface area contributed by atoms with Gasteiger partial charge in [0.15, 0.2) is 5.78 Å². The highest BCUT2D eigenvalue weighted by atomic mass is 16.1. The van der Waals surface area contributed by atoms with E-state index in [4.69, 9.17) is 0 Å². The predicted molar refractivity (Wildman–Crippen MR) is 63.4 cm³/mol. The molecule has 1 atom stereocenters. The molecule has 1 aliphatic carbocycles. The molecule has 0 radical (unpaired) electrons. The lowest BCUT2D eigenvalue weighted by molar-refractivity contribution is -0.127. The number of carbonyl (C=O) groups is 1. The standard InChI is InChI=1S/C14H17NO/c16-13-6-3-9-15-14(13)8-7-11-4-1-2-5-12(11)10-14/h1-2,4-5,15H,3,6-10H2. The third-order valence-electron chi connectivity index (χ3n) is 4.01. The maximum Gasteiger partial charge on any atom is 0.153 e. The van der Waals surface area contributed by atoms with E-state index in [-0.39, 0.29) is 5.54 Å². The van der Waals surface area contributed by atoms with Gasteiger partial charge >= 0.3 is 0 Å². The lowest BCUT2D eigenvalue weighted by atomic mass is 9.73. The van der Waals surface area contributed by atoms with Crippen molar-refractivity contribution in [2.45, 2.75) is 37.6 Å². The SMILES string of the molecule is O=C1CCCNC12CCc1ccccc1C2. The number of ketones is 1. The highest BCUT2D eigenvalue weighted by Crippen LogP contribution is 2.32. The molecule has 2 nitrogen and oxygen atoms in total. The molecule has 0 bridgehead atoms. The first kappa shape index (κ1) is 10.0. The van der Waals surface area contributed by atoms with Gasteiger partial charge in [0.25, 0.3) is 0 Å². The summed E-state index contributed by atoms with van der Waals surface area (Å²) < 4.78 is 0. The van der Waals surface area contributed by atoms with Crippen molar-refractivity contribution in [2.24, 2.45) is 0 Å². The molecule has 1 spiro atoms. The molecule has 16 heavy (non-hydrogen) atoms. The smallest absolute Gasteiger partial charge is 0.153 e. The highest BCUT2D eigenvalue weighted by molar-refractivity contribution is 5.89. The van der Waals surface area contributed by atoms with Crippen LogP contribution in [-0.4, -0.2) is 17.9 Å². The van der Waals surface area contributed by atoms with Gasteiger partial charge in [-0.2, -0.15) is 0 Å². The second-order valence-electron chi connectivity index (χ2n) is 4.98. The normalized spacial score (nSPS) is 29.1. The Morgan fingerprint density at radius 3 is 2.75 bits per heavy atom. The summed E-state index contributed by atoms with van der Waals surface area (Å²) in [7, 11) is 0. The number of aryl methyl sites for hydroxylation is 1. The number of hydrogen-bond donors (Lipinski definition) is 1. The van der Waals surface area contributed by atoms with Crippen LogP contribution in [0.2, 0.25) is 0 Å². The van der Waals surface area contributed by atoms with Gasteiger partial charge in [-0.25, -0.2) is 0 Å². The summed E-state index contributed by atoms with van der Waals surface area (Å²) in [5.41, 5.74) is 2.55. The zero-order valence-electron chi connectivity index (χ0n) is 9.46. The number of fused-ring (bicyclic) bond motifs is 1. The third kappa shape index (κ3) is 1.49. The molecule has 0 amide bonds. The van der Waals surface area contributed by atoms with Crippen molar-refractivity contribution in [3.8, 4) is 0 Å². The van der Waals surface area contributed by atoms with Gasteiger partial charge in [-0.15, -0.1) is 0 Å². The first-order valence-corrected chi connectivity index (χ1v) is 6.15. The average molecular weight is 215 g/mol. The van der Waals surface area contributed by atoms with E-state index in [1.165, 1.54) is 11.1 Å². The van der Waals surface area contributed by atoms with E-state index in [0.29, 0.717) is 5.78 Å². The summed E-state index contributed by atoms with van der Waals surface area (Å²) in [6, 6.07) is 8.52. The monoisotopic (exact) mass is 215 g/mol. The van der Waals surface area contributed by atoms with E-state index >= 15 is 0 Å². The van der Waals surface area contributed by atoms with Crippen LogP contribution in [0.5, 0.6) is 0 Å². The van der Waals surface area contributed by atoms with Gasteiger partial charge in [0.2, 0.25) is 0 Å². The van der Waals surface area contributed by atoms with Gasteiger partial charge in [-0.05, 0) is 43.4 Å². The van der Waals surface area contributed by atoms with Crippen LogP contribution < -0.4 is 5.32 Å². The zero-order valence-corrected chi connectivity index (χ0v) is 9.46. The van der Waals surface area contributed by atoms with Gasteiger partial charge in [-0.3, -0.25) is 4.79 Å². The van der Waals surface area contributed by atoms with Gasteiger partial charge in [0.1, 0.15) is 0 Å². The summed E-state index contributed by atoms with van der Waals surface area (Å²) in [5.74, 6) is 0.424. The predicted octanol–water partition coefficient (Wildman–Crippen LogP) is 1.87.